The van der Waals surface area contributed by atoms with E-state index in [0.29, 0.717) is 0 Å². The van der Waals surface area contributed by atoms with Crippen LogP contribution in [0.5, 0.6) is 0 Å². The van der Waals surface area contributed by atoms with Gasteiger partial charge in [0.15, 0.2) is 11.6 Å². The number of pyridine rings is 1. The zero-order chi connectivity index (χ0) is 12.3. The van der Waals surface area contributed by atoms with Gasteiger partial charge in [-0.1, -0.05) is 18.2 Å². The van der Waals surface area contributed by atoms with Crippen LogP contribution in [-0.4, -0.2) is 17.1 Å². The Labute approximate surface area is 99.2 Å². The topological polar surface area (TPSA) is 36.4 Å². The monoisotopic (exact) mass is 232 g/mol. The maximum atomic E-state index is 13.9. The van der Waals surface area contributed by atoms with Crippen molar-refractivity contribution in [2.45, 2.75) is 6.61 Å². The van der Waals surface area contributed by atoms with Gasteiger partial charge in [0.1, 0.15) is 0 Å². The Morgan fingerprint density at radius 2 is 1.94 bits per heavy atom. The third-order valence-corrected chi connectivity index (χ3v) is 2.58. The second-order valence-electron chi connectivity index (χ2n) is 3.66. The molecule has 2 aromatic rings. The Balaban J connectivity index is 2.41. The smallest absolute Gasteiger partial charge is 0.171 e. The van der Waals surface area contributed by atoms with Crippen molar-refractivity contribution in [2.75, 3.05) is 11.9 Å². The van der Waals surface area contributed by atoms with Crippen molar-refractivity contribution >= 4 is 11.5 Å². The standard InChI is InChI=1S/C13H13FN2O/c1-16(11-5-3-2-4-6-11)13-12(14)10(9-17)7-8-15-13/h2-8,17H,9H2,1H3. The first kappa shape index (κ1) is 11.5. The highest BCUT2D eigenvalue weighted by molar-refractivity contribution is 5.59. The summed E-state index contributed by atoms with van der Waals surface area (Å²) < 4.78 is 13.9. The number of aliphatic hydroxyl groups excluding tert-OH is 1. The summed E-state index contributed by atoms with van der Waals surface area (Å²) in [7, 11) is 1.74. The molecule has 0 fully saturated rings. The van der Waals surface area contributed by atoms with Crippen molar-refractivity contribution in [3.05, 3.63) is 54.0 Å². The van der Waals surface area contributed by atoms with Crippen LogP contribution < -0.4 is 4.90 Å². The van der Waals surface area contributed by atoms with Crippen LogP contribution in [0.1, 0.15) is 5.56 Å². The van der Waals surface area contributed by atoms with Crippen LogP contribution in [-0.2, 0) is 6.61 Å². The van der Waals surface area contributed by atoms with Crippen molar-refractivity contribution in [2.24, 2.45) is 0 Å². The molecule has 1 heterocycles. The van der Waals surface area contributed by atoms with Gasteiger partial charge in [0, 0.05) is 24.5 Å². The first-order valence-electron chi connectivity index (χ1n) is 5.27. The molecule has 0 aliphatic heterocycles. The van der Waals surface area contributed by atoms with E-state index in [0.717, 1.165) is 5.69 Å². The number of aliphatic hydroxyl groups is 1. The van der Waals surface area contributed by atoms with Crippen molar-refractivity contribution < 1.29 is 9.50 Å². The van der Waals surface area contributed by atoms with Crippen molar-refractivity contribution in [1.29, 1.82) is 0 Å². The van der Waals surface area contributed by atoms with Crippen LogP contribution in [0.25, 0.3) is 0 Å². The molecule has 1 aromatic carbocycles. The molecule has 88 valence electrons. The maximum Gasteiger partial charge on any atom is 0.171 e. The number of hydrogen-bond donors (Lipinski definition) is 1. The molecule has 0 bridgehead atoms. The zero-order valence-corrected chi connectivity index (χ0v) is 9.47. The summed E-state index contributed by atoms with van der Waals surface area (Å²) in [5.41, 5.74) is 1.09. The average molecular weight is 232 g/mol. The second-order valence-corrected chi connectivity index (χ2v) is 3.66. The SMILES string of the molecule is CN(c1ccccc1)c1nccc(CO)c1F. The Morgan fingerprint density at radius 1 is 1.24 bits per heavy atom. The minimum absolute atomic E-state index is 0.211. The molecule has 1 aromatic heterocycles. The molecule has 0 unspecified atom stereocenters. The quantitative estimate of drug-likeness (QED) is 0.883. The van der Waals surface area contributed by atoms with Gasteiger partial charge >= 0.3 is 0 Å². The lowest BCUT2D eigenvalue weighted by Gasteiger charge is -2.19. The highest BCUT2D eigenvalue weighted by atomic mass is 19.1. The molecule has 4 heteroatoms. The number of hydrogen-bond acceptors (Lipinski definition) is 3. The van der Waals surface area contributed by atoms with Crippen LogP contribution in [0.15, 0.2) is 42.6 Å². The molecule has 0 radical (unpaired) electrons. The normalized spacial score (nSPS) is 10.3. The maximum absolute atomic E-state index is 13.9. The Hall–Kier alpha value is -1.94. The Kier molecular flexibility index (Phi) is 3.35. The summed E-state index contributed by atoms with van der Waals surface area (Å²) in [5.74, 6) is -0.274. The van der Waals surface area contributed by atoms with E-state index in [2.05, 4.69) is 4.98 Å². The van der Waals surface area contributed by atoms with Gasteiger partial charge in [-0.05, 0) is 18.2 Å². The molecule has 0 amide bonds. The highest BCUT2D eigenvalue weighted by Gasteiger charge is 2.13. The molecule has 0 saturated heterocycles. The van der Waals surface area contributed by atoms with Crippen LogP contribution >= 0.6 is 0 Å². The highest BCUT2D eigenvalue weighted by Crippen LogP contribution is 2.25. The fraction of sp³-hybridized carbons (Fsp3) is 0.154. The molecular weight excluding hydrogens is 219 g/mol. The molecule has 1 N–H and O–H groups in total. The van der Waals surface area contributed by atoms with Gasteiger partial charge in [0.05, 0.1) is 6.61 Å². The van der Waals surface area contributed by atoms with Gasteiger partial charge in [-0.3, -0.25) is 0 Å². The van der Waals surface area contributed by atoms with Gasteiger partial charge in [-0.15, -0.1) is 0 Å². The molecule has 2 rings (SSSR count). The van der Waals surface area contributed by atoms with E-state index >= 15 is 0 Å². The fourth-order valence-electron chi connectivity index (χ4n) is 1.60. The van der Waals surface area contributed by atoms with Gasteiger partial charge in [0.25, 0.3) is 0 Å². The largest absolute Gasteiger partial charge is 0.392 e. The van der Waals surface area contributed by atoms with E-state index in [1.807, 2.05) is 30.3 Å². The van der Waals surface area contributed by atoms with Crippen molar-refractivity contribution in [1.82, 2.24) is 4.98 Å². The molecule has 0 aliphatic rings. The summed E-state index contributed by atoms with van der Waals surface area (Å²) in [6.45, 7) is -0.329. The molecule has 3 nitrogen and oxygen atoms in total. The van der Waals surface area contributed by atoms with E-state index in [1.165, 1.54) is 12.3 Å². The summed E-state index contributed by atoms with van der Waals surface area (Å²) in [6, 6.07) is 10.8. The fourth-order valence-corrected chi connectivity index (χ4v) is 1.60. The number of rotatable bonds is 3. The zero-order valence-electron chi connectivity index (χ0n) is 9.47. The number of benzene rings is 1. The minimum atomic E-state index is -0.485. The Bertz CT molecular complexity index is 502. The number of para-hydroxylation sites is 1. The van der Waals surface area contributed by atoms with E-state index in [-0.39, 0.29) is 18.0 Å². The molecule has 0 aliphatic carbocycles. The van der Waals surface area contributed by atoms with E-state index in [4.69, 9.17) is 5.11 Å². The number of nitrogens with zero attached hydrogens (tertiary/aromatic N) is 2. The summed E-state index contributed by atoms with van der Waals surface area (Å²) in [6.07, 6.45) is 1.49. The minimum Gasteiger partial charge on any atom is -0.392 e. The second kappa shape index (κ2) is 4.93. The molecule has 0 spiro atoms. The van der Waals surface area contributed by atoms with Crippen LogP contribution in [0, 0.1) is 5.82 Å². The number of anilines is 2. The molecular formula is C13H13FN2O. The average Bonchev–Trinajstić information content (AvgIpc) is 2.39. The number of halogens is 1. The summed E-state index contributed by atoms with van der Waals surface area (Å²) >= 11 is 0. The van der Waals surface area contributed by atoms with Gasteiger partial charge in [-0.2, -0.15) is 0 Å². The van der Waals surface area contributed by atoms with Crippen molar-refractivity contribution in [3.8, 4) is 0 Å². The van der Waals surface area contributed by atoms with Gasteiger partial charge < -0.3 is 10.0 Å². The summed E-state index contributed by atoms with van der Waals surface area (Å²) in [5, 5.41) is 9.01. The third-order valence-electron chi connectivity index (χ3n) is 2.58. The first-order chi connectivity index (χ1) is 8.24. The van der Waals surface area contributed by atoms with E-state index in [1.54, 1.807) is 11.9 Å². The predicted molar refractivity (Wildman–Crippen MR) is 64.6 cm³/mol. The Morgan fingerprint density at radius 3 is 2.59 bits per heavy atom. The van der Waals surface area contributed by atoms with E-state index in [9.17, 15) is 4.39 Å². The third kappa shape index (κ3) is 2.26. The van der Waals surface area contributed by atoms with Crippen LogP contribution in [0.4, 0.5) is 15.9 Å². The van der Waals surface area contributed by atoms with E-state index < -0.39 is 5.82 Å². The number of aromatic nitrogens is 1. The van der Waals surface area contributed by atoms with Crippen molar-refractivity contribution in [3.63, 3.8) is 0 Å². The molecule has 0 atom stereocenters. The first-order valence-corrected chi connectivity index (χ1v) is 5.27. The van der Waals surface area contributed by atoms with Crippen LogP contribution in [0.2, 0.25) is 0 Å². The predicted octanol–water partition coefficient (Wildman–Crippen LogP) is 2.48. The summed E-state index contributed by atoms with van der Waals surface area (Å²) in [4.78, 5) is 5.65. The molecule has 17 heavy (non-hydrogen) atoms. The van der Waals surface area contributed by atoms with Gasteiger partial charge in [0.2, 0.25) is 0 Å². The lowest BCUT2D eigenvalue weighted by atomic mass is 10.2. The lowest BCUT2D eigenvalue weighted by Crippen LogP contribution is -2.14. The molecule has 0 saturated carbocycles. The van der Waals surface area contributed by atoms with Gasteiger partial charge in [-0.25, -0.2) is 9.37 Å². The lowest BCUT2D eigenvalue weighted by molar-refractivity contribution is 0.275. The van der Waals surface area contributed by atoms with Crippen LogP contribution in [0.3, 0.4) is 0 Å².